The molecule has 64 valence electrons. The highest BCUT2D eigenvalue weighted by atomic mass is 35.5. The lowest BCUT2D eigenvalue weighted by Gasteiger charge is -2.14. The highest BCUT2D eigenvalue weighted by molar-refractivity contribution is 6.19. The summed E-state index contributed by atoms with van der Waals surface area (Å²) < 4.78 is 0. The molecule has 1 aromatic heterocycles. The number of hydrogen-bond acceptors (Lipinski definition) is 2. The summed E-state index contributed by atoms with van der Waals surface area (Å²) in [5.74, 6) is 0.690. The SMILES string of the molecule is ClCC1(Nc2ccncc2)CC1. The van der Waals surface area contributed by atoms with Gasteiger partial charge in [0.2, 0.25) is 0 Å². The molecule has 0 aromatic carbocycles. The number of aromatic nitrogens is 1. The molecule has 0 radical (unpaired) electrons. The van der Waals surface area contributed by atoms with Crippen LogP contribution in [0.1, 0.15) is 12.8 Å². The molecule has 1 saturated carbocycles. The minimum absolute atomic E-state index is 0.183. The molecule has 1 N–H and O–H groups in total. The molecule has 0 bridgehead atoms. The fraction of sp³-hybridized carbons (Fsp3) is 0.444. The van der Waals surface area contributed by atoms with E-state index in [2.05, 4.69) is 10.3 Å². The fourth-order valence-corrected chi connectivity index (χ4v) is 1.52. The summed E-state index contributed by atoms with van der Waals surface area (Å²) in [5.41, 5.74) is 1.30. The highest BCUT2D eigenvalue weighted by Gasteiger charge is 2.41. The molecular weight excluding hydrogens is 172 g/mol. The fourth-order valence-electron chi connectivity index (χ4n) is 1.18. The van der Waals surface area contributed by atoms with Crippen LogP contribution < -0.4 is 5.32 Å². The second-order valence-corrected chi connectivity index (χ2v) is 3.54. The minimum atomic E-state index is 0.183. The van der Waals surface area contributed by atoms with Crippen LogP contribution in [-0.4, -0.2) is 16.4 Å². The van der Waals surface area contributed by atoms with Crippen LogP contribution in [0.2, 0.25) is 0 Å². The third-order valence-corrected chi connectivity index (χ3v) is 2.71. The molecule has 1 heterocycles. The van der Waals surface area contributed by atoms with Crippen molar-refractivity contribution in [1.82, 2.24) is 4.98 Å². The van der Waals surface area contributed by atoms with Gasteiger partial charge in [0.1, 0.15) is 0 Å². The Kier molecular flexibility index (Phi) is 1.93. The van der Waals surface area contributed by atoms with Crippen molar-refractivity contribution < 1.29 is 0 Å². The Labute approximate surface area is 77.0 Å². The van der Waals surface area contributed by atoms with Gasteiger partial charge in [-0.25, -0.2) is 0 Å². The van der Waals surface area contributed by atoms with Crippen molar-refractivity contribution in [3.8, 4) is 0 Å². The van der Waals surface area contributed by atoms with E-state index in [0.717, 1.165) is 5.69 Å². The van der Waals surface area contributed by atoms with Gasteiger partial charge in [-0.15, -0.1) is 11.6 Å². The number of rotatable bonds is 3. The second-order valence-electron chi connectivity index (χ2n) is 3.27. The summed E-state index contributed by atoms with van der Waals surface area (Å²) in [5, 5.41) is 3.41. The zero-order chi connectivity index (χ0) is 8.44. The van der Waals surface area contributed by atoms with E-state index in [0.29, 0.717) is 5.88 Å². The minimum Gasteiger partial charge on any atom is -0.378 e. The largest absolute Gasteiger partial charge is 0.378 e. The van der Waals surface area contributed by atoms with Gasteiger partial charge >= 0.3 is 0 Å². The van der Waals surface area contributed by atoms with E-state index < -0.39 is 0 Å². The maximum absolute atomic E-state index is 5.83. The van der Waals surface area contributed by atoms with Crippen LogP contribution in [0, 0.1) is 0 Å². The van der Waals surface area contributed by atoms with Crippen molar-refractivity contribution in [1.29, 1.82) is 0 Å². The number of pyridine rings is 1. The Morgan fingerprint density at radius 3 is 2.58 bits per heavy atom. The summed E-state index contributed by atoms with van der Waals surface area (Å²) in [6.07, 6.45) is 5.93. The molecule has 1 fully saturated rings. The van der Waals surface area contributed by atoms with Gasteiger partial charge in [-0.05, 0) is 25.0 Å². The van der Waals surface area contributed by atoms with E-state index in [1.807, 2.05) is 12.1 Å². The summed E-state index contributed by atoms with van der Waals surface area (Å²) in [6, 6.07) is 3.93. The maximum Gasteiger partial charge on any atom is 0.0510 e. The van der Waals surface area contributed by atoms with Gasteiger partial charge in [0.15, 0.2) is 0 Å². The van der Waals surface area contributed by atoms with Gasteiger partial charge in [0.05, 0.1) is 5.54 Å². The van der Waals surface area contributed by atoms with E-state index >= 15 is 0 Å². The Balaban J connectivity index is 2.04. The molecule has 0 aliphatic heterocycles. The topological polar surface area (TPSA) is 24.9 Å². The van der Waals surface area contributed by atoms with Gasteiger partial charge in [0, 0.05) is 24.0 Å². The molecular formula is C9H11ClN2. The van der Waals surface area contributed by atoms with Crippen LogP contribution in [0.15, 0.2) is 24.5 Å². The molecule has 0 spiro atoms. The summed E-state index contributed by atoms with van der Waals surface area (Å²) in [4.78, 5) is 3.95. The van der Waals surface area contributed by atoms with Crippen molar-refractivity contribution in [2.24, 2.45) is 0 Å². The van der Waals surface area contributed by atoms with Crippen molar-refractivity contribution in [2.75, 3.05) is 11.2 Å². The molecule has 0 atom stereocenters. The van der Waals surface area contributed by atoms with Gasteiger partial charge in [0.25, 0.3) is 0 Å². The monoisotopic (exact) mass is 182 g/mol. The molecule has 0 unspecified atom stereocenters. The first-order valence-electron chi connectivity index (χ1n) is 4.09. The Bertz CT molecular complexity index is 256. The molecule has 1 aromatic rings. The quantitative estimate of drug-likeness (QED) is 0.726. The number of alkyl halides is 1. The lowest BCUT2D eigenvalue weighted by Crippen LogP contribution is -2.22. The van der Waals surface area contributed by atoms with Crippen molar-refractivity contribution in [2.45, 2.75) is 18.4 Å². The van der Waals surface area contributed by atoms with Crippen LogP contribution in [0.25, 0.3) is 0 Å². The summed E-state index contributed by atoms with van der Waals surface area (Å²) in [6.45, 7) is 0. The van der Waals surface area contributed by atoms with Gasteiger partial charge < -0.3 is 5.32 Å². The van der Waals surface area contributed by atoms with Crippen LogP contribution >= 0.6 is 11.6 Å². The zero-order valence-corrected chi connectivity index (χ0v) is 7.51. The standard InChI is InChI=1S/C9H11ClN2/c10-7-9(3-4-9)12-8-1-5-11-6-2-8/h1-2,5-6H,3-4,7H2,(H,11,12). The lowest BCUT2D eigenvalue weighted by atomic mass is 10.3. The average Bonchev–Trinajstić information content (AvgIpc) is 2.88. The molecule has 12 heavy (non-hydrogen) atoms. The Morgan fingerprint density at radius 2 is 2.08 bits per heavy atom. The van der Waals surface area contributed by atoms with Crippen molar-refractivity contribution >= 4 is 17.3 Å². The van der Waals surface area contributed by atoms with Crippen LogP contribution in [0.5, 0.6) is 0 Å². The smallest absolute Gasteiger partial charge is 0.0510 e. The van der Waals surface area contributed by atoms with E-state index in [-0.39, 0.29) is 5.54 Å². The number of hydrogen-bond donors (Lipinski definition) is 1. The van der Waals surface area contributed by atoms with E-state index in [4.69, 9.17) is 11.6 Å². The maximum atomic E-state index is 5.83. The van der Waals surface area contributed by atoms with E-state index in [9.17, 15) is 0 Å². The number of nitrogens with one attached hydrogen (secondary N) is 1. The highest BCUT2D eigenvalue weighted by Crippen LogP contribution is 2.39. The number of nitrogens with zero attached hydrogens (tertiary/aromatic N) is 1. The first-order valence-corrected chi connectivity index (χ1v) is 4.62. The lowest BCUT2D eigenvalue weighted by molar-refractivity contribution is 0.837. The van der Waals surface area contributed by atoms with Gasteiger partial charge in [-0.3, -0.25) is 4.98 Å². The third kappa shape index (κ3) is 1.53. The van der Waals surface area contributed by atoms with Crippen molar-refractivity contribution in [3.63, 3.8) is 0 Å². The molecule has 3 heteroatoms. The average molecular weight is 183 g/mol. The van der Waals surface area contributed by atoms with Gasteiger partial charge in [-0.2, -0.15) is 0 Å². The molecule has 1 aliphatic carbocycles. The van der Waals surface area contributed by atoms with Gasteiger partial charge in [-0.1, -0.05) is 0 Å². The predicted molar refractivity (Wildman–Crippen MR) is 50.5 cm³/mol. The van der Waals surface area contributed by atoms with Crippen LogP contribution in [0.3, 0.4) is 0 Å². The Morgan fingerprint density at radius 1 is 1.42 bits per heavy atom. The summed E-state index contributed by atoms with van der Waals surface area (Å²) in [7, 11) is 0. The first kappa shape index (κ1) is 7.87. The molecule has 2 rings (SSSR count). The first-order chi connectivity index (χ1) is 5.85. The molecule has 0 amide bonds. The Hall–Kier alpha value is -0.760. The molecule has 2 nitrogen and oxygen atoms in total. The summed E-state index contributed by atoms with van der Waals surface area (Å²) >= 11 is 5.83. The number of halogens is 1. The van der Waals surface area contributed by atoms with Crippen LogP contribution in [0.4, 0.5) is 5.69 Å². The van der Waals surface area contributed by atoms with Crippen LogP contribution in [-0.2, 0) is 0 Å². The van der Waals surface area contributed by atoms with E-state index in [1.54, 1.807) is 12.4 Å². The van der Waals surface area contributed by atoms with Crippen molar-refractivity contribution in [3.05, 3.63) is 24.5 Å². The normalized spacial score (nSPS) is 18.8. The third-order valence-electron chi connectivity index (χ3n) is 2.20. The molecule has 1 aliphatic rings. The zero-order valence-electron chi connectivity index (χ0n) is 6.76. The predicted octanol–water partition coefficient (Wildman–Crippen LogP) is 2.26. The van der Waals surface area contributed by atoms with E-state index in [1.165, 1.54) is 12.8 Å². The number of anilines is 1. The molecule has 0 saturated heterocycles. The second kappa shape index (κ2) is 2.94.